The lowest BCUT2D eigenvalue weighted by Crippen LogP contribution is -2.53. The summed E-state index contributed by atoms with van der Waals surface area (Å²) in [6, 6.07) is 6.95. The van der Waals surface area contributed by atoms with Crippen molar-refractivity contribution in [1.82, 2.24) is 10.2 Å². The highest BCUT2D eigenvalue weighted by Crippen LogP contribution is 2.45. The highest BCUT2D eigenvalue weighted by atomic mass is 16.6. The molecule has 1 saturated carbocycles. The Kier molecular flexibility index (Phi) is 8.40. The summed E-state index contributed by atoms with van der Waals surface area (Å²) in [5, 5.41) is 9.92. The summed E-state index contributed by atoms with van der Waals surface area (Å²) in [4.78, 5) is 27.1. The Bertz CT molecular complexity index is 972. The maximum atomic E-state index is 13.1. The standard InChI is InChI=1S/C25H35N5O4/c1-17-6-3-7-18(16-17)10-13-25(34-22(31)20(26)8-5-14-29-23(27)28)12-4-9-21-19(25)11-15-30(21)24(32)33-2/h3,6-7,16,19-21H,4-5,8-9,11-12,14-15,26H2,1-2H3,(H4,27,28,29)/t19-,20+,21-,25-/m1/s1. The average molecular weight is 470 g/mol. The summed E-state index contributed by atoms with van der Waals surface area (Å²) in [6.07, 6.45) is 3.44. The van der Waals surface area contributed by atoms with Crippen LogP contribution < -0.4 is 16.8 Å². The number of benzene rings is 1. The Balaban J connectivity index is 1.84. The molecule has 0 radical (unpaired) electrons. The van der Waals surface area contributed by atoms with E-state index in [1.165, 1.54) is 7.11 Å². The molecular weight excluding hydrogens is 434 g/mol. The number of fused-ring (bicyclic) bond motifs is 1. The van der Waals surface area contributed by atoms with E-state index in [1.54, 1.807) is 4.90 Å². The van der Waals surface area contributed by atoms with Gasteiger partial charge in [-0.05, 0) is 69.1 Å². The molecule has 0 unspecified atom stereocenters. The van der Waals surface area contributed by atoms with Crippen molar-refractivity contribution in [3.63, 3.8) is 0 Å². The normalized spacial score (nSPS) is 24.3. The summed E-state index contributed by atoms with van der Waals surface area (Å²) in [7, 11) is 1.38. The first-order valence-corrected chi connectivity index (χ1v) is 11.8. The van der Waals surface area contributed by atoms with Gasteiger partial charge in [0.1, 0.15) is 6.04 Å². The van der Waals surface area contributed by atoms with Crippen molar-refractivity contribution < 1.29 is 19.1 Å². The molecule has 34 heavy (non-hydrogen) atoms. The lowest BCUT2D eigenvalue weighted by atomic mass is 9.72. The number of esters is 1. The third kappa shape index (κ3) is 6.00. The fourth-order valence-corrected chi connectivity index (χ4v) is 4.98. The number of rotatable bonds is 6. The molecule has 1 aromatic carbocycles. The minimum atomic E-state index is -1.03. The molecular formula is C25H35N5O4. The second-order valence-electron chi connectivity index (χ2n) is 9.04. The van der Waals surface area contributed by atoms with Crippen LogP contribution in [0.25, 0.3) is 0 Å². The molecule has 2 aliphatic rings. The highest BCUT2D eigenvalue weighted by Gasteiger charge is 2.54. The first-order valence-electron chi connectivity index (χ1n) is 11.8. The SMILES string of the molecule is COC(=O)N1CC[C@@H]2[C@H]1CCC[C@]2(C#Cc1cccc(C)c1)OC(=O)[C@@H](N)CCCNC(=N)N. The van der Waals surface area contributed by atoms with Gasteiger partial charge in [0.2, 0.25) is 0 Å². The van der Waals surface area contributed by atoms with Crippen LogP contribution in [0.4, 0.5) is 4.79 Å². The topological polar surface area (TPSA) is 144 Å². The van der Waals surface area contributed by atoms with Gasteiger partial charge >= 0.3 is 12.1 Å². The molecule has 6 N–H and O–H groups in total. The van der Waals surface area contributed by atoms with Gasteiger partial charge < -0.3 is 31.2 Å². The Morgan fingerprint density at radius 1 is 1.38 bits per heavy atom. The van der Waals surface area contributed by atoms with E-state index in [2.05, 4.69) is 17.2 Å². The predicted molar refractivity (Wildman–Crippen MR) is 129 cm³/mol. The van der Waals surface area contributed by atoms with Crippen molar-refractivity contribution in [2.45, 2.75) is 63.1 Å². The van der Waals surface area contributed by atoms with E-state index in [9.17, 15) is 9.59 Å². The molecule has 9 nitrogen and oxygen atoms in total. The van der Waals surface area contributed by atoms with E-state index in [4.69, 9.17) is 26.4 Å². The maximum Gasteiger partial charge on any atom is 0.409 e. The van der Waals surface area contributed by atoms with E-state index < -0.39 is 17.6 Å². The zero-order valence-electron chi connectivity index (χ0n) is 19.9. The quantitative estimate of drug-likeness (QED) is 0.164. The second-order valence-corrected chi connectivity index (χ2v) is 9.04. The van der Waals surface area contributed by atoms with Crippen LogP contribution in [0, 0.1) is 30.1 Å². The van der Waals surface area contributed by atoms with Gasteiger partial charge in [-0.1, -0.05) is 18.1 Å². The molecule has 1 aliphatic heterocycles. The summed E-state index contributed by atoms with van der Waals surface area (Å²) >= 11 is 0. The van der Waals surface area contributed by atoms with Crippen molar-refractivity contribution >= 4 is 18.0 Å². The highest BCUT2D eigenvalue weighted by molar-refractivity contribution is 5.76. The molecule has 1 heterocycles. The van der Waals surface area contributed by atoms with Crippen LogP contribution in [0.5, 0.6) is 0 Å². The number of guanidine groups is 1. The van der Waals surface area contributed by atoms with Gasteiger partial charge in [-0.2, -0.15) is 0 Å². The molecule has 3 rings (SSSR count). The number of nitrogens with one attached hydrogen (secondary N) is 2. The molecule has 4 atom stereocenters. The Labute approximate surface area is 201 Å². The smallest absolute Gasteiger partial charge is 0.409 e. The van der Waals surface area contributed by atoms with Crippen molar-refractivity contribution in [3.05, 3.63) is 35.4 Å². The number of aryl methyl sites for hydroxylation is 1. The van der Waals surface area contributed by atoms with E-state index >= 15 is 0 Å². The number of hydrogen-bond donors (Lipinski definition) is 4. The van der Waals surface area contributed by atoms with Gasteiger partial charge in [0.15, 0.2) is 11.6 Å². The Hall–Kier alpha value is -3.25. The number of methoxy groups -OCH3 is 1. The lowest BCUT2D eigenvalue weighted by Gasteiger charge is -2.42. The van der Waals surface area contributed by atoms with Gasteiger partial charge in [-0.15, -0.1) is 0 Å². The van der Waals surface area contributed by atoms with E-state index in [0.29, 0.717) is 38.8 Å². The zero-order chi connectivity index (χ0) is 24.7. The molecule has 1 aliphatic carbocycles. The molecule has 0 spiro atoms. The number of likely N-dealkylation sites (tertiary alicyclic amines) is 1. The minimum Gasteiger partial charge on any atom is -0.453 e. The number of carbonyl (C=O) groups is 2. The summed E-state index contributed by atoms with van der Waals surface area (Å²) in [5.74, 6) is 5.80. The molecule has 1 amide bonds. The maximum absolute atomic E-state index is 13.1. The first kappa shape index (κ1) is 25.4. The average Bonchev–Trinajstić information content (AvgIpc) is 3.25. The molecule has 1 saturated heterocycles. The van der Waals surface area contributed by atoms with Crippen molar-refractivity contribution in [1.29, 1.82) is 5.41 Å². The van der Waals surface area contributed by atoms with E-state index in [1.807, 2.05) is 31.2 Å². The first-order chi connectivity index (χ1) is 16.3. The van der Waals surface area contributed by atoms with Crippen LogP contribution in [-0.2, 0) is 14.3 Å². The van der Waals surface area contributed by atoms with Gasteiger partial charge in [-0.25, -0.2) is 4.79 Å². The number of carbonyl (C=O) groups excluding carboxylic acids is 2. The van der Waals surface area contributed by atoms with Crippen molar-refractivity contribution in [2.24, 2.45) is 17.4 Å². The molecule has 9 heteroatoms. The summed E-state index contributed by atoms with van der Waals surface area (Å²) in [5.41, 5.74) is 12.4. The molecule has 0 bridgehead atoms. The van der Waals surface area contributed by atoms with E-state index in [0.717, 1.165) is 24.0 Å². The fraction of sp³-hybridized carbons (Fsp3) is 0.560. The number of nitrogens with two attached hydrogens (primary N) is 2. The van der Waals surface area contributed by atoms with Crippen LogP contribution >= 0.6 is 0 Å². The molecule has 184 valence electrons. The van der Waals surface area contributed by atoms with Crippen molar-refractivity contribution in [2.75, 3.05) is 20.2 Å². The monoisotopic (exact) mass is 469 g/mol. The third-order valence-corrected chi connectivity index (χ3v) is 6.63. The lowest BCUT2D eigenvalue weighted by molar-refractivity contribution is -0.164. The largest absolute Gasteiger partial charge is 0.453 e. The molecule has 1 aromatic rings. The second kappa shape index (κ2) is 11.3. The van der Waals surface area contributed by atoms with Gasteiger partial charge in [0.25, 0.3) is 0 Å². The van der Waals surface area contributed by atoms with Gasteiger partial charge in [-0.3, -0.25) is 10.2 Å². The number of amides is 1. The van der Waals surface area contributed by atoms with Gasteiger partial charge in [0, 0.05) is 30.6 Å². The van der Waals surface area contributed by atoms with Crippen LogP contribution in [0.2, 0.25) is 0 Å². The Morgan fingerprint density at radius 2 is 2.18 bits per heavy atom. The fourth-order valence-electron chi connectivity index (χ4n) is 4.98. The number of nitrogens with zero attached hydrogens (tertiary/aromatic N) is 1. The molecule has 0 aromatic heterocycles. The van der Waals surface area contributed by atoms with Crippen LogP contribution in [-0.4, -0.2) is 60.8 Å². The van der Waals surface area contributed by atoms with Gasteiger partial charge in [0.05, 0.1) is 7.11 Å². The summed E-state index contributed by atoms with van der Waals surface area (Å²) in [6.45, 7) is 2.99. The summed E-state index contributed by atoms with van der Waals surface area (Å²) < 4.78 is 11.1. The molecule has 2 fully saturated rings. The third-order valence-electron chi connectivity index (χ3n) is 6.63. The zero-order valence-corrected chi connectivity index (χ0v) is 19.9. The van der Waals surface area contributed by atoms with Crippen LogP contribution in [0.3, 0.4) is 0 Å². The number of hydrogen-bond acceptors (Lipinski definition) is 6. The minimum absolute atomic E-state index is 0.100. The Morgan fingerprint density at radius 3 is 2.88 bits per heavy atom. The van der Waals surface area contributed by atoms with Crippen molar-refractivity contribution in [3.8, 4) is 11.8 Å². The predicted octanol–water partition coefficient (Wildman–Crippen LogP) is 1.86. The number of ether oxygens (including phenoxy) is 2. The van der Waals surface area contributed by atoms with Crippen LogP contribution in [0.1, 0.15) is 49.7 Å². The van der Waals surface area contributed by atoms with Crippen LogP contribution in [0.15, 0.2) is 24.3 Å². The van der Waals surface area contributed by atoms with E-state index in [-0.39, 0.29) is 24.0 Å².